The van der Waals surface area contributed by atoms with E-state index in [4.69, 9.17) is 10.5 Å². The molecule has 0 aliphatic heterocycles. The molecule has 0 aliphatic rings. The first-order chi connectivity index (χ1) is 14.0. The fraction of sp³-hybridized carbons (Fsp3) is 0.304. The number of aryl methyl sites for hydroxylation is 2. The summed E-state index contributed by atoms with van der Waals surface area (Å²) < 4.78 is 7.80. The zero-order chi connectivity index (χ0) is 20.6. The van der Waals surface area contributed by atoms with Gasteiger partial charge in [-0.1, -0.05) is 48.5 Å². The van der Waals surface area contributed by atoms with E-state index < -0.39 is 6.04 Å². The molecular weight excluding hydrogens is 435 g/mol. The van der Waals surface area contributed by atoms with Crippen LogP contribution in [0.3, 0.4) is 0 Å². The Labute approximate surface area is 196 Å². The minimum Gasteiger partial charge on any atom is -0.491 e. The number of halogens is 2. The van der Waals surface area contributed by atoms with Crippen molar-refractivity contribution in [1.82, 2.24) is 14.9 Å². The van der Waals surface area contributed by atoms with Gasteiger partial charge in [-0.2, -0.15) is 0 Å². The highest BCUT2D eigenvalue weighted by atomic mass is 35.5. The highest BCUT2D eigenvalue weighted by Gasteiger charge is 2.15. The molecule has 0 bridgehead atoms. The molecule has 0 aliphatic carbocycles. The Morgan fingerprint density at radius 1 is 1.10 bits per heavy atom. The second kappa shape index (κ2) is 13.0. The van der Waals surface area contributed by atoms with Crippen LogP contribution in [0.2, 0.25) is 0 Å². The van der Waals surface area contributed by atoms with Crippen molar-refractivity contribution in [3.8, 4) is 5.75 Å². The summed E-state index contributed by atoms with van der Waals surface area (Å²) in [6.07, 6.45) is 4.10. The number of rotatable bonds is 9. The highest BCUT2D eigenvalue weighted by molar-refractivity contribution is 5.85. The van der Waals surface area contributed by atoms with Crippen molar-refractivity contribution in [1.29, 1.82) is 0 Å². The van der Waals surface area contributed by atoms with Gasteiger partial charge in [0.2, 0.25) is 5.91 Å². The first-order valence-corrected chi connectivity index (χ1v) is 9.80. The molecule has 0 radical (unpaired) electrons. The molecule has 31 heavy (non-hydrogen) atoms. The third-order valence-electron chi connectivity index (χ3n) is 4.72. The first kappa shape index (κ1) is 26.5. The van der Waals surface area contributed by atoms with Crippen molar-refractivity contribution >= 4 is 30.7 Å². The average Bonchev–Trinajstić information content (AvgIpc) is 3.14. The smallest absolute Gasteiger partial charge is 0.237 e. The van der Waals surface area contributed by atoms with Crippen LogP contribution in [0, 0.1) is 13.8 Å². The molecule has 0 saturated heterocycles. The molecule has 1 atom stereocenters. The maximum Gasteiger partial charge on any atom is 0.237 e. The molecule has 3 rings (SSSR count). The summed E-state index contributed by atoms with van der Waals surface area (Å²) in [5.41, 5.74) is 10.2. The van der Waals surface area contributed by atoms with Crippen LogP contribution < -0.4 is 15.8 Å². The van der Waals surface area contributed by atoms with E-state index in [1.807, 2.05) is 61.0 Å². The molecule has 0 fully saturated rings. The largest absolute Gasteiger partial charge is 0.491 e. The molecule has 168 valence electrons. The summed E-state index contributed by atoms with van der Waals surface area (Å²) in [5.74, 6) is 0.669. The van der Waals surface area contributed by atoms with E-state index in [1.54, 1.807) is 6.33 Å². The molecule has 2 aromatic carbocycles. The van der Waals surface area contributed by atoms with Gasteiger partial charge in [-0.25, -0.2) is 4.98 Å². The Bertz CT molecular complexity index is 928. The summed E-state index contributed by atoms with van der Waals surface area (Å²) in [5, 5.41) is 2.83. The number of hydrogen-bond acceptors (Lipinski definition) is 4. The molecule has 0 unspecified atom stereocenters. The predicted molar refractivity (Wildman–Crippen MR) is 128 cm³/mol. The fourth-order valence-corrected chi connectivity index (χ4v) is 3.20. The van der Waals surface area contributed by atoms with Gasteiger partial charge in [-0.3, -0.25) is 4.79 Å². The Balaban J connectivity index is 0.00000240. The third kappa shape index (κ3) is 7.90. The van der Waals surface area contributed by atoms with Crippen LogP contribution in [-0.2, 0) is 17.8 Å². The number of nitrogens with two attached hydrogens (primary N) is 1. The third-order valence-corrected chi connectivity index (χ3v) is 4.72. The molecule has 6 nitrogen and oxygen atoms in total. The van der Waals surface area contributed by atoms with Crippen LogP contribution in [0.25, 0.3) is 0 Å². The van der Waals surface area contributed by atoms with Gasteiger partial charge in [0.05, 0.1) is 24.6 Å². The summed E-state index contributed by atoms with van der Waals surface area (Å²) in [6, 6.07) is 15.5. The second-order valence-corrected chi connectivity index (χ2v) is 7.19. The van der Waals surface area contributed by atoms with E-state index in [0.29, 0.717) is 19.6 Å². The van der Waals surface area contributed by atoms with Gasteiger partial charge < -0.3 is 20.4 Å². The molecule has 3 aromatic rings. The quantitative estimate of drug-likeness (QED) is 0.475. The van der Waals surface area contributed by atoms with Crippen molar-refractivity contribution in [3.05, 3.63) is 83.4 Å². The maximum atomic E-state index is 12.3. The molecule has 1 heterocycles. The summed E-state index contributed by atoms with van der Waals surface area (Å²) >= 11 is 0. The van der Waals surface area contributed by atoms with Gasteiger partial charge >= 0.3 is 0 Å². The van der Waals surface area contributed by atoms with Crippen LogP contribution in [0.15, 0.2) is 61.1 Å². The number of nitrogens with zero attached hydrogens (tertiary/aromatic N) is 2. The molecule has 8 heteroatoms. The number of nitrogens with one attached hydrogen (secondary N) is 1. The van der Waals surface area contributed by atoms with Crippen LogP contribution >= 0.6 is 24.8 Å². The van der Waals surface area contributed by atoms with Crippen molar-refractivity contribution in [2.75, 3.05) is 13.2 Å². The molecule has 1 amide bonds. The van der Waals surface area contributed by atoms with Crippen LogP contribution in [0.1, 0.15) is 22.4 Å². The zero-order valence-electron chi connectivity index (χ0n) is 17.8. The maximum absolute atomic E-state index is 12.3. The van der Waals surface area contributed by atoms with Crippen LogP contribution in [0.4, 0.5) is 0 Å². The number of imidazole rings is 1. The Kier molecular flexibility index (Phi) is 11.1. The van der Waals surface area contributed by atoms with Gasteiger partial charge in [0, 0.05) is 19.2 Å². The van der Waals surface area contributed by atoms with Gasteiger partial charge in [0.1, 0.15) is 12.4 Å². The van der Waals surface area contributed by atoms with E-state index in [1.165, 1.54) is 5.56 Å². The van der Waals surface area contributed by atoms with Crippen LogP contribution in [0.5, 0.6) is 5.75 Å². The lowest BCUT2D eigenvalue weighted by atomic mass is 10.1. The van der Waals surface area contributed by atoms with E-state index >= 15 is 0 Å². The predicted octanol–water partition coefficient (Wildman–Crippen LogP) is 3.46. The standard InChI is InChI=1S/C23H28N4O2.2ClH/c1-17-7-6-8-18(2)22(17)29-12-11-25-23(28)21(24)13-20-15-27(16-26-20)14-19-9-4-3-5-10-19;;/h3-10,15-16,21H,11-14,24H2,1-2H3,(H,25,28);2*1H/t21-;;/m0../s1. The number of benzene rings is 2. The van der Waals surface area contributed by atoms with Gasteiger partial charge in [0.25, 0.3) is 0 Å². The van der Waals surface area contributed by atoms with E-state index in [2.05, 4.69) is 22.4 Å². The molecular formula is C23H30Cl2N4O2. The zero-order valence-corrected chi connectivity index (χ0v) is 19.4. The van der Waals surface area contributed by atoms with E-state index in [9.17, 15) is 4.79 Å². The Hall–Kier alpha value is -2.54. The number of carbonyl (C=O) groups is 1. The first-order valence-electron chi connectivity index (χ1n) is 9.80. The Morgan fingerprint density at radius 2 is 1.77 bits per heavy atom. The molecule has 1 aromatic heterocycles. The normalized spacial score (nSPS) is 11.1. The van der Waals surface area contributed by atoms with Crippen molar-refractivity contribution < 1.29 is 9.53 Å². The van der Waals surface area contributed by atoms with E-state index in [0.717, 1.165) is 29.1 Å². The molecule has 0 saturated carbocycles. The van der Waals surface area contributed by atoms with Gasteiger partial charge in [-0.05, 0) is 30.5 Å². The monoisotopic (exact) mass is 464 g/mol. The topological polar surface area (TPSA) is 82.2 Å². The minimum absolute atomic E-state index is 0. The van der Waals surface area contributed by atoms with Crippen LogP contribution in [-0.4, -0.2) is 34.7 Å². The average molecular weight is 465 g/mol. The number of ether oxygens (including phenoxy) is 1. The lowest BCUT2D eigenvalue weighted by Gasteiger charge is -2.14. The minimum atomic E-state index is -0.643. The number of carbonyl (C=O) groups excluding carboxylic acids is 1. The lowest BCUT2D eigenvalue weighted by molar-refractivity contribution is -0.122. The number of amides is 1. The Morgan fingerprint density at radius 3 is 2.45 bits per heavy atom. The highest BCUT2D eigenvalue weighted by Crippen LogP contribution is 2.21. The molecule has 0 spiro atoms. The number of para-hydroxylation sites is 1. The summed E-state index contributed by atoms with van der Waals surface area (Å²) in [6.45, 7) is 5.56. The summed E-state index contributed by atoms with van der Waals surface area (Å²) in [7, 11) is 0. The fourth-order valence-electron chi connectivity index (χ4n) is 3.20. The van der Waals surface area contributed by atoms with Gasteiger partial charge in [0.15, 0.2) is 0 Å². The summed E-state index contributed by atoms with van der Waals surface area (Å²) in [4.78, 5) is 16.6. The number of aromatic nitrogens is 2. The van der Waals surface area contributed by atoms with Gasteiger partial charge in [-0.15, -0.1) is 24.8 Å². The SMILES string of the molecule is Cc1cccc(C)c1OCCNC(=O)[C@@H](N)Cc1cn(Cc2ccccc2)cn1.Cl.Cl. The van der Waals surface area contributed by atoms with E-state index in [-0.39, 0.29) is 30.7 Å². The van der Waals surface area contributed by atoms with Crippen molar-refractivity contribution in [2.45, 2.75) is 32.9 Å². The second-order valence-electron chi connectivity index (χ2n) is 7.19. The lowest BCUT2D eigenvalue weighted by Crippen LogP contribution is -2.43. The van der Waals surface area contributed by atoms with Crippen molar-refractivity contribution in [3.63, 3.8) is 0 Å². The molecule has 3 N–H and O–H groups in total. The number of hydrogen-bond donors (Lipinski definition) is 2. The van der Waals surface area contributed by atoms with Crippen molar-refractivity contribution in [2.24, 2.45) is 5.73 Å².